The molecule has 0 unspecified atom stereocenters. The highest BCUT2D eigenvalue weighted by atomic mass is 19.1. The van der Waals surface area contributed by atoms with Gasteiger partial charge in [-0.2, -0.15) is 0 Å². The van der Waals surface area contributed by atoms with Crippen LogP contribution in [0.2, 0.25) is 0 Å². The molecule has 0 heterocycles. The van der Waals surface area contributed by atoms with E-state index < -0.39 is 0 Å². The lowest BCUT2D eigenvalue weighted by atomic mass is 9.80. The number of hydrogen-bond donors (Lipinski definition) is 0. The van der Waals surface area contributed by atoms with E-state index in [0.717, 1.165) is 17.5 Å². The minimum atomic E-state index is -0.270. The summed E-state index contributed by atoms with van der Waals surface area (Å²) in [7, 11) is 3.26. The maximum absolute atomic E-state index is 14.8. The molecular weight excluding hydrogens is 367 g/mol. The highest BCUT2D eigenvalue weighted by molar-refractivity contribution is 5.70. The molecule has 29 heavy (non-hydrogen) atoms. The monoisotopic (exact) mass is 402 g/mol. The molecule has 0 spiro atoms. The lowest BCUT2D eigenvalue weighted by molar-refractivity contribution is -0.0390. The van der Waals surface area contributed by atoms with E-state index in [2.05, 4.69) is 46.8 Å². The molecule has 0 aliphatic heterocycles. The molecule has 0 aliphatic rings. The van der Waals surface area contributed by atoms with Crippen LogP contribution >= 0.6 is 0 Å². The molecule has 0 bridgehead atoms. The fourth-order valence-electron chi connectivity index (χ4n) is 3.57. The van der Waals surface area contributed by atoms with E-state index in [4.69, 9.17) is 14.2 Å². The van der Waals surface area contributed by atoms with Crippen molar-refractivity contribution in [1.29, 1.82) is 0 Å². The van der Waals surface area contributed by atoms with E-state index in [-0.39, 0.29) is 17.3 Å². The van der Waals surface area contributed by atoms with Gasteiger partial charge in [0.05, 0.1) is 26.4 Å². The van der Waals surface area contributed by atoms with Crippen molar-refractivity contribution in [3.63, 3.8) is 0 Å². The van der Waals surface area contributed by atoms with Gasteiger partial charge in [0.25, 0.3) is 0 Å². The van der Waals surface area contributed by atoms with Gasteiger partial charge < -0.3 is 14.2 Å². The second kappa shape index (κ2) is 10.2. The van der Waals surface area contributed by atoms with Crippen LogP contribution in [0.15, 0.2) is 36.4 Å². The Balaban J connectivity index is 2.64. The Morgan fingerprint density at radius 1 is 0.931 bits per heavy atom. The van der Waals surface area contributed by atoms with Crippen LogP contribution in [0.25, 0.3) is 11.1 Å². The van der Waals surface area contributed by atoms with Crippen molar-refractivity contribution in [2.45, 2.75) is 47.1 Å². The minimum Gasteiger partial charge on any atom is -0.497 e. The molecule has 4 heteroatoms. The van der Waals surface area contributed by atoms with Crippen molar-refractivity contribution in [2.24, 2.45) is 11.3 Å². The summed E-state index contributed by atoms with van der Waals surface area (Å²) < 4.78 is 31.6. The van der Waals surface area contributed by atoms with E-state index in [1.807, 2.05) is 6.07 Å². The van der Waals surface area contributed by atoms with Crippen LogP contribution in [0.4, 0.5) is 4.39 Å². The van der Waals surface area contributed by atoms with E-state index in [0.29, 0.717) is 30.4 Å². The maximum Gasteiger partial charge on any atom is 0.131 e. The topological polar surface area (TPSA) is 27.7 Å². The summed E-state index contributed by atoms with van der Waals surface area (Å²) in [6.45, 7) is 11.8. The van der Waals surface area contributed by atoms with Gasteiger partial charge in [0.1, 0.15) is 11.6 Å². The third-order valence-corrected chi connectivity index (χ3v) is 4.86. The molecule has 0 aromatic heterocycles. The first-order chi connectivity index (χ1) is 13.7. The molecule has 2 aromatic rings. The van der Waals surface area contributed by atoms with Crippen molar-refractivity contribution in [1.82, 2.24) is 0 Å². The van der Waals surface area contributed by atoms with Crippen LogP contribution in [0.1, 0.15) is 51.8 Å². The summed E-state index contributed by atoms with van der Waals surface area (Å²) in [5.41, 5.74) is 3.42. The zero-order chi connectivity index (χ0) is 21.6. The Kier molecular flexibility index (Phi) is 8.23. The SMILES string of the molecule is COCCO[C@H](c1cc(CC(C)C)ccc1-c1cc(OC)ccc1F)C(C)(C)C. The number of ether oxygens (including phenoxy) is 3. The summed E-state index contributed by atoms with van der Waals surface area (Å²) in [5, 5.41) is 0. The van der Waals surface area contributed by atoms with Gasteiger partial charge in [-0.25, -0.2) is 4.39 Å². The molecule has 0 saturated heterocycles. The summed E-state index contributed by atoms with van der Waals surface area (Å²) in [5.74, 6) is 0.893. The van der Waals surface area contributed by atoms with Gasteiger partial charge in [0, 0.05) is 12.7 Å². The highest BCUT2D eigenvalue weighted by Gasteiger charge is 2.30. The Hall–Kier alpha value is -1.91. The zero-order valence-corrected chi connectivity index (χ0v) is 18.8. The molecular formula is C25H35FO3. The first-order valence-corrected chi connectivity index (χ1v) is 10.2. The van der Waals surface area contributed by atoms with Crippen LogP contribution in [0.3, 0.4) is 0 Å². The molecule has 0 aliphatic carbocycles. The van der Waals surface area contributed by atoms with E-state index in [1.54, 1.807) is 26.4 Å². The molecule has 3 nitrogen and oxygen atoms in total. The number of methoxy groups -OCH3 is 2. The molecule has 160 valence electrons. The van der Waals surface area contributed by atoms with E-state index in [1.165, 1.54) is 11.6 Å². The summed E-state index contributed by atoms with van der Waals surface area (Å²) in [6.07, 6.45) is 0.758. The molecule has 0 amide bonds. The maximum atomic E-state index is 14.8. The second-order valence-corrected chi connectivity index (χ2v) is 8.98. The van der Waals surface area contributed by atoms with Gasteiger partial charge in [-0.15, -0.1) is 0 Å². The Morgan fingerprint density at radius 2 is 1.66 bits per heavy atom. The van der Waals surface area contributed by atoms with Crippen molar-refractivity contribution in [2.75, 3.05) is 27.4 Å². The first kappa shape index (κ1) is 23.4. The zero-order valence-electron chi connectivity index (χ0n) is 18.8. The summed E-state index contributed by atoms with van der Waals surface area (Å²) >= 11 is 0. The van der Waals surface area contributed by atoms with Gasteiger partial charge in [-0.05, 0) is 52.6 Å². The van der Waals surface area contributed by atoms with Crippen molar-refractivity contribution < 1.29 is 18.6 Å². The summed E-state index contributed by atoms with van der Waals surface area (Å²) in [4.78, 5) is 0. The van der Waals surface area contributed by atoms with Gasteiger partial charge >= 0.3 is 0 Å². The quantitative estimate of drug-likeness (QED) is 0.451. The van der Waals surface area contributed by atoms with Gasteiger partial charge in [-0.1, -0.05) is 52.8 Å². The number of rotatable bonds is 9. The van der Waals surface area contributed by atoms with Crippen molar-refractivity contribution >= 4 is 0 Å². The van der Waals surface area contributed by atoms with Gasteiger partial charge in [-0.3, -0.25) is 0 Å². The van der Waals surface area contributed by atoms with Crippen LogP contribution in [-0.2, 0) is 15.9 Å². The fourth-order valence-corrected chi connectivity index (χ4v) is 3.57. The predicted octanol–water partition coefficient (Wildman–Crippen LogP) is 6.45. The fraction of sp³-hybridized carbons (Fsp3) is 0.520. The van der Waals surface area contributed by atoms with Gasteiger partial charge in [0.15, 0.2) is 0 Å². The number of halogens is 1. The lowest BCUT2D eigenvalue weighted by Gasteiger charge is -2.33. The standard InChI is InChI=1S/C25H35FO3/c1-17(2)14-18-8-10-20(21-16-19(28-7)9-11-23(21)26)22(15-18)24(25(3,4)5)29-13-12-27-6/h8-11,15-17,24H,12-14H2,1-7H3/t24-/m1/s1. The van der Waals surface area contributed by atoms with E-state index >= 15 is 0 Å². The molecule has 2 aromatic carbocycles. The lowest BCUT2D eigenvalue weighted by Crippen LogP contribution is -2.24. The van der Waals surface area contributed by atoms with Crippen LogP contribution in [0, 0.1) is 17.2 Å². The second-order valence-electron chi connectivity index (χ2n) is 8.98. The molecule has 2 rings (SSSR count). The van der Waals surface area contributed by atoms with Crippen molar-refractivity contribution in [3.8, 4) is 16.9 Å². The third-order valence-electron chi connectivity index (χ3n) is 4.86. The molecule has 0 radical (unpaired) electrons. The molecule has 0 fully saturated rings. The average Bonchev–Trinajstić information content (AvgIpc) is 2.64. The average molecular weight is 403 g/mol. The molecule has 1 atom stereocenters. The van der Waals surface area contributed by atoms with Crippen LogP contribution in [0.5, 0.6) is 5.75 Å². The first-order valence-electron chi connectivity index (χ1n) is 10.2. The Labute approximate surface area is 175 Å². The molecule has 0 saturated carbocycles. The smallest absolute Gasteiger partial charge is 0.131 e. The van der Waals surface area contributed by atoms with Crippen LogP contribution in [-0.4, -0.2) is 27.4 Å². The van der Waals surface area contributed by atoms with Crippen LogP contribution < -0.4 is 4.74 Å². The predicted molar refractivity (Wildman–Crippen MR) is 117 cm³/mol. The highest BCUT2D eigenvalue weighted by Crippen LogP contribution is 2.42. The third kappa shape index (κ3) is 6.28. The van der Waals surface area contributed by atoms with Gasteiger partial charge in [0.2, 0.25) is 0 Å². The molecule has 0 N–H and O–H groups in total. The Morgan fingerprint density at radius 3 is 2.24 bits per heavy atom. The number of hydrogen-bond acceptors (Lipinski definition) is 3. The Bertz CT molecular complexity index is 793. The van der Waals surface area contributed by atoms with E-state index in [9.17, 15) is 4.39 Å². The largest absolute Gasteiger partial charge is 0.497 e. The summed E-state index contributed by atoms with van der Waals surface area (Å²) in [6, 6.07) is 11.1. The number of benzene rings is 2. The minimum absolute atomic E-state index is 0.172. The van der Waals surface area contributed by atoms with Crippen molar-refractivity contribution in [3.05, 3.63) is 53.3 Å². The normalized spacial score (nSPS) is 13.0.